The number of nitrogens with two attached hydrogens (primary N) is 2. The van der Waals surface area contributed by atoms with Gasteiger partial charge < -0.3 is 60.7 Å². The monoisotopic (exact) mass is 745 g/mol. The van der Waals surface area contributed by atoms with Gasteiger partial charge in [0.25, 0.3) is 0 Å². The molecule has 0 aromatic carbocycles. The van der Waals surface area contributed by atoms with Crippen LogP contribution in [0.25, 0.3) is 11.2 Å². The Kier molecular flexibility index (Phi) is 10.6. The van der Waals surface area contributed by atoms with Crippen LogP contribution in [0.5, 0.6) is 0 Å². The Labute approximate surface area is 268 Å². The first-order valence-electron chi connectivity index (χ1n) is 13.5. The van der Waals surface area contributed by atoms with E-state index in [1.807, 2.05) is 0 Å². The molecule has 1 amide bonds. The highest BCUT2D eigenvalue weighted by Crippen LogP contribution is 2.61. The number of anilines is 1. The van der Waals surface area contributed by atoms with Crippen molar-refractivity contribution in [3.63, 3.8) is 0 Å². The number of aliphatic hydroxyl groups is 3. The van der Waals surface area contributed by atoms with E-state index in [-0.39, 0.29) is 29.0 Å². The summed E-state index contributed by atoms with van der Waals surface area (Å²) in [5, 5.41) is 31.5. The second-order valence-corrected chi connectivity index (χ2v) is 14.6. The van der Waals surface area contributed by atoms with E-state index in [0.29, 0.717) is 0 Å². The van der Waals surface area contributed by atoms with Crippen molar-refractivity contribution in [3.8, 4) is 0 Å². The number of hydrogen-bond donors (Lipinski definition) is 9. The Morgan fingerprint density at radius 2 is 1.56 bits per heavy atom. The molecule has 3 aliphatic rings. The quantitative estimate of drug-likeness (QED) is 0.0951. The highest BCUT2D eigenvalue weighted by molar-refractivity contribution is 7.61. The van der Waals surface area contributed by atoms with E-state index < -0.39 is 91.7 Å². The fraction of sp³-hybridized carbons (Fsp3) is 0.524. The van der Waals surface area contributed by atoms with Crippen LogP contribution in [0.4, 0.5) is 5.82 Å². The lowest BCUT2D eigenvalue weighted by Crippen LogP contribution is -2.40. The van der Waals surface area contributed by atoms with Gasteiger partial charge in [-0.25, -0.2) is 28.6 Å². The van der Waals surface area contributed by atoms with E-state index in [1.54, 1.807) is 0 Å². The van der Waals surface area contributed by atoms with Crippen molar-refractivity contribution in [2.75, 3.05) is 18.9 Å². The van der Waals surface area contributed by atoms with Crippen molar-refractivity contribution in [1.82, 2.24) is 24.4 Å². The number of fused-ring (bicyclic) bond motifs is 1. The maximum Gasteiger partial charge on any atom is 0.481 e. The molecule has 0 bridgehead atoms. The molecule has 3 aliphatic heterocycles. The number of carbonyl (C=O) groups excluding carboxylic acids is 1. The number of aromatic nitrogens is 4. The molecule has 27 heteroatoms. The topological polar surface area (TPSA) is 364 Å². The third kappa shape index (κ3) is 8.17. The molecule has 3 unspecified atom stereocenters. The van der Waals surface area contributed by atoms with E-state index >= 15 is 0 Å². The first-order valence-corrected chi connectivity index (χ1v) is 18.0. The number of nitrogens with zero attached hydrogens (tertiary/aromatic N) is 5. The minimum Gasteiger partial charge on any atom is -0.387 e. The highest BCUT2D eigenvalue weighted by atomic mass is 31.3. The third-order valence-corrected chi connectivity index (χ3v) is 10.2. The molecule has 0 spiro atoms. The number of primary amides is 1. The summed E-state index contributed by atoms with van der Waals surface area (Å²) in [6.45, 7) is -2.02. The van der Waals surface area contributed by atoms with Gasteiger partial charge >= 0.3 is 23.5 Å². The minimum atomic E-state index is -5.52. The van der Waals surface area contributed by atoms with Gasteiger partial charge in [0, 0.05) is 18.0 Å². The zero-order valence-electron chi connectivity index (χ0n) is 24.1. The van der Waals surface area contributed by atoms with E-state index in [4.69, 9.17) is 30.0 Å². The van der Waals surface area contributed by atoms with Gasteiger partial charge in [0.05, 0.1) is 19.5 Å². The SMILES string of the molecule is NC(=O)C1=CN([C@@H]2O[C@H](COP(=O)(O)OP(=O)(O)OCC3O[C@H](n4cnc5c(N)ncnc54)[C@@H](OP(=O)(O)O)[C@H]3O)[C@@H](O)[C@H]2O)C=CC1. The van der Waals surface area contributed by atoms with Crippen LogP contribution in [0.3, 0.4) is 0 Å². The summed E-state index contributed by atoms with van der Waals surface area (Å²) in [6.07, 6.45) is -6.47. The molecule has 10 atom stereocenters. The predicted octanol–water partition coefficient (Wildman–Crippen LogP) is -2.57. The number of carbonyl (C=O) groups is 1. The van der Waals surface area contributed by atoms with Gasteiger partial charge in [-0.2, -0.15) is 4.31 Å². The Hall–Kier alpha value is -2.73. The third-order valence-electron chi connectivity index (χ3n) is 7.11. The molecule has 2 saturated heterocycles. The van der Waals surface area contributed by atoms with Crippen LogP contribution in [0.2, 0.25) is 0 Å². The summed E-state index contributed by atoms with van der Waals surface area (Å²) in [5.74, 6) is -0.791. The van der Waals surface area contributed by atoms with E-state index in [0.717, 1.165) is 17.2 Å². The van der Waals surface area contributed by atoms with Crippen molar-refractivity contribution < 1.29 is 80.7 Å². The summed E-state index contributed by atoms with van der Waals surface area (Å²) in [5.41, 5.74) is 11.3. The Morgan fingerprint density at radius 1 is 0.938 bits per heavy atom. The lowest BCUT2D eigenvalue weighted by Gasteiger charge is -2.28. The number of aliphatic hydroxyl groups excluding tert-OH is 3. The standard InChI is InChI=1S/C21H30N7O17P3/c22-17-12-19(25-7-24-17)28(8-26-12)21-16(44-46(33,34)35)14(30)11(43-21)6-41-48(38,39)45-47(36,37)40-5-10-13(29)15(31)20(42-10)27-3-1-2-9(4-27)18(23)32/h1,3-4,7-8,10-11,13-16,20-21,29-31H,2,5-6H2,(H2,23,32)(H,36,37)(H,38,39)(H2,22,24,25)(H2,33,34,35)/t10-,11?,13-,14+,15-,16+,20-,21+/m1/s1. The van der Waals surface area contributed by atoms with E-state index in [9.17, 15) is 53.4 Å². The van der Waals surface area contributed by atoms with Crippen LogP contribution in [0.15, 0.2) is 36.7 Å². The molecular formula is C21H30N7O17P3. The number of allylic oxidation sites excluding steroid dienone is 1. The van der Waals surface area contributed by atoms with Gasteiger partial charge in [0.2, 0.25) is 5.91 Å². The summed E-state index contributed by atoms with van der Waals surface area (Å²) < 4.78 is 67.2. The maximum absolute atomic E-state index is 12.6. The molecule has 11 N–H and O–H groups in total. The number of ether oxygens (including phenoxy) is 2. The number of hydrogen-bond acceptors (Lipinski definition) is 18. The number of amides is 1. The Morgan fingerprint density at radius 3 is 2.19 bits per heavy atom. The molecule has 0 radical (unpaired) electrons. The van der Waals surface area contributed by atoms with Crippen molar-refractivity contribution in [2.24, 2.45) is 5.73 Å². The zero-order chi connectivity index (χ0) is 35.2. The number of imidazole rings is 1. The normalized spacial score (nSPS) is 31.9. The molecule has 0 aliphatic carbocycles. The Balaban J connectivity index is 1.20. The molecule has 2 aromatic rings. The van der Waals surface area contributed by atoms with Gasteiger partial charge in [0.15, 0.2) is 23.9 Å². The van der Waals surface area contributed by atoms with Crippen molar-refractivity contribution in [2.45, 2.75) is 55.5 Å². The largest absolute Gasteiger partial charge is 0.481 e. The number of phosphoric acid groups is 3. The molecule has 5 heterocycles. The summed E-state index contributed by atoms with van der Waals surface area (Å²) in [4.78, 5) is 63.4. The zero-order valence-corrected chi connectivity index (χ0v) is 26.8. The van der Waals surface area contributed by atoms with Gasteiger partial charge in [-0.05, 0) is 6.42 Å². The molecule has 0 saturated carbocycles. The summed E-state index contributed by atoms with van der Waals surface area (Å²) >= 11 is 0. The summed E-state index contributed by atoms with van der Waals surface area (Å²) in [6, 6.07) is 0. The molecule has 2 aromatic heterocycles. The van der Waals surface area contributed by atoms with Crippen LogP contribution in [-0.4, -0.2) is 121 Å². The summed E-state index contributed by atoms with van der Waals surface area (Å²) in [7, 11) is -16.3. The lowest BCUT2D eigenvalue weighted by atomic mass is 10.1. The van der Waals surface area contributed by atoms with Gasteiger partial charge in [-0.1, -0.05) is 6.08 Å². The number of rotatable bonds is 13. The molecule has 48 heavy (non-hydrogen) atoms. The first kappa shape index (κ1) is 36.5. The van der Waals surface area contributed by atoms with E-state index in [2.05, 4.69) is 23.8 Å². The molecular weight excluding hydrogens is 715 g/mol. The van der Waals surface area contributed by atoms with Crippen molar-refractivity contribution in [1.29, 1.82) is 0 Å². The van der Waals surface area contributed by atoms with Gasteiger partial charge in [-0.15, -0.1) is 0 Å². The van der Waals surface area contributed by atoms with Gasteiger partial charge in [0.1, 0.15) is 48.5 Å². The molecule has 5 rings (SSSR count). The van der Waals surface area contributed by atoms with Crippen molar-refractivity contribution >= 4 is 46.4 Å². The lowest BCUT2D eigenvalue weighted by molar-refractivity contribution is -0.115. The second kappa shape index (κ2) is 13.9. The Bertz CT molecular complexity index is 1740. The number of phosphoric ester groups is 3. The van der Waals surface area contributed by atoms with Crippen LogP contribution in [-0.2, 0) is 45.8 Å². The average molecular weight is 745 g/mol. The average Bonchev–Trinajstić information content (AvgIpc) is 3.64. The minimum absolute atomic E-state index is 0.00424. The van der Waals surface area contributed by atoms with Crippen LogP contribution >= 0.6 is 23.5 Å². The molecule has 24 nitrogen and oxygen atoms in total. The van der Waals surface area contributed by atoms with Crippen molar-refractivity contribution in [3.05, 3.63) is 36.7 Å². The smallest absolute Gasteiger partial charge is 0.387 e. The highest BCUT2D eigenvalue weighted by Gasteiger charge is 2.51. The maximum atomic E-state index is 12.6. The fourth-order valence-corrected chi connectivity index (χ4v) is 7.57. The van der Waals surface area contributed by atoms with Crippen LogP contribution in [0.1, 0.15) is 12.6 Å². The second-order valence-electron chi connectivity index (χ2n) is 10.4. The fourth-order valence-electron chi connectivity index (χ4n) is 4.93. The number of nitrogen functional groups attached to an aromatic ring is 1. The van der Waals surface area contributed by atoms with E-state index in [1.165, 1.54) is 23.4 Å². The van der Waals surface area contributed by atoms with Gasteiger partial charge in [-0.3, -0.25) is 22.9 Å². The molecule has 266 valence electrons. The molecule has 2 fully saturated rings. The first-order chi connectivity index (χ1) is 22.4. The van der Waals surface area contributed by atoms with Crippen LogP contribution < -0.4 is 11.5 Å². The predicted molar refractivity (Wildman–Crippen MR) is 153 cm³/mol. The van der Waals surface area contributed by atoms with Crippen LogP contribution in [0, 0.1) is 0 Å².